The Morgan fingerprint density at radius 2 is 1.23 bits per heavy atom. The van der Waals surface area contributed by atoms with Gasteiger partial charge in [-0.1, -0.05) is 97.1 Å². The summed E-state index contributed by atoms with van der Waals surface area (Å²) in [4.78, 5) is 0. The highest BCUT2D eigenvalue weighted by Gasteiger charge is 2.51. The van der Waals surface area contributed by atoms with Crippen molar-refractivity contribution in [3.63, 3.8) is 0 Å². The molecule has 2 heterocycles. The molecule has 0 radical (unpaired) electrons. The first-order valence-electron chi connectivity index (χ1n) is 16.2. The number of para-hydroxylation sites is 2. The Hall–Kier alpha value is -6.11. The zero-order valence-corrected chi connectivity index (χ0v) is 25.6. The minimum Gasteiger partial charge on any atom is -0.457 e. The highest BCUT2D eigenvalue weighted by Crippen LogP contribution is 2.62. The fourth-order valence-electron chi connectivity index (χ4n) is 8.45. The third-order valence-electron chi connectivity index (χ3n) is 10.4. The van der Waals surface area contributed by atoms with Crippen molar-refractivity contribution in [1.82, 2.24) is 4.57 Å². The van der Waals surface area contributed by atoms with Crippen LogP contribution >= 0.6 is 0 Å². The Labute approximate surface area is 273 Å². The van der Waals surface area contributed by atoms with Gasteiger partial charge in [-0.2, -0.15) is 5.26 Å². The lowest BCUT2D eigenvalue weighted by molar-refractivity contribution is 0.436. The van der Waals surface area contributed by atoms with E-state index in [0.717, 1.165) is 63.4 Å². The van der Waals surface area contributed by atoms with E-state index < -0.39 is 5.41 Å². The van der Waals surface area contributed by atoms with Gasteiger partial charge in [0.1, 0.15) is 11.5 Å². The fraction of sp³-hybridized carbons (Fsp3) is 0.0682. The van der Waals surface area contributed by atoms with Gasteiger partial charge in [0.05, 0.1) is 17.0 Å². The number of aromatic nitrogens is 1. The van der Waals surface area contributed by atoms with Gasteiger partial charge in [0.15, 0.2) is 0 Å². The van der Waals surface area contributed by atoms with Gasteiger partial charge in [-0.25, -0.2) is 0 Å². The summed E-state index contributed by atoms with van der Waals surface area (Å²) < 4.78 is 9.04. The number of allylic oxidation sites excluding steroid dienone is 1. The number of rotatable bonds is 2. The molecule has 0 unspecified atom stereocenters. The maximum atomic E-state index is 9.83. The predicted octanol–water partition coefficient (Wildman–Crippen LogP) is 10.6. The van der Waals surface area contributed by atoms with Crippen molar-refractivity contribution in [2.24, 2.45) is 0 Å². The van der Waals surface area contributed by atoms with Gasteiger partial charge in [0.2, 0.25) is 0 Å². The van der Waals surface area contributed by atoms with Crippen LogP contribution in [0.4, 0.5) is 0 Å². The minimum absolute atomic E-state index is 0.502. The number of benzene rings is 6. The van der Waals surface area contributed by atoms with Crippen molar-refractivity contribution >= 4 is 17.0 Å². The highest BCUT2D eigenvalue weighted by molar-refractivity contribution is 5.97. The summed E-state index contributed by atoms with van der Waals surface area (Å²) in [5, 5.41) is 11.0. The average Bonchev–Trinajstić information content (AvgIpc) is 3.62. The number of ether oxygens (including phenoxy) is 1. The zero-order chi connectivity index (χ0) is 31.1. The van der Waals surface area contributed by atoms with E-state index >= 15 is 0 Å². The lowest BCUT2D eigenvalue weighted by atomic mass is 9.66. The maximum Gasteiger partial charge on any atom is 0.132 e. The molecule has 1 aromatic heterocycles. The van der Waals surface area contributed by atoms with Crippen molar-refractivity contribution in [3.8, 4) is 45.5 Å². The normalized spacial score (nSPS) is 14.7. The molecule has 3 aliphatic rings. The van der Waals surface area contributed by atoms with Crippen LogP contribution in [0, 0.1) is 11.3 Å². The topological polar surface area (TPSA) is 38.0 Å². The molecule has 0 fully saturated rings. The van der Waals surface area contributed by atoms with E-state index in [2.05, 4.69) is 156 Å². The van der Waals surface area contributed by atoms with E-state index in [1.54, 1.807) is 0 Å². The van der Waals surface area contributed by atoms with Crippen molar-refractivity contribution in [3.05, 3.63) is 179 Å². The summed E-state index contributed by atoms with van der Waals surface area (Å²) in [5.74, 6) is 1.78. The molecule has 0 saturated heterocycles. The standard InChI is InChI=1S/C44H28N2O/c45-27-28-18-21-40-34(24-28)35-25-29(19-22-41(35)46(40)31-10-2-1-3-11-31)30-20-23-43-39(26-30)44(38-16-8-9-17-42(38)47-43)36-14-6-4-12-32(36)33-13-5-7-15-37(33)44/h1-17,19-20,22-26H,18,21H2. The van der Waals surface area contributed by atoms with E-state index in [1.807, 2.05) is 0 Å². The van der Waals surface area contributed by atoms with Gasteiger partial charge in [-0.05, 0) is 94.8 Å². The third-order valence-corrected chi connectivity index (χ3v) is 10.4. The molecule has 0 amide bonds. The smallest absolute Gasteiger partial charge is 0.132 e. The zero-order valence-electron chi connectivity index (χ0n) is 25.6. The average molecular weight is 601 g/mol. The molecule has 0 atom stereocenters. The van der Waals surface area contributed by atoms with Crippen LogP contribution in [0.5, 0.6) is 11.5 Å². The highest BCUT2D eigenvalue weighted by atomic mass is 16.5. The minimum atomic E-state index is -0.502. The molecule has 10 rings (SSSR count). The molecule has 1 aliphatic heterocycles. The van der Waals surface area contributed by atoms with E-state index in [4.69, 9.17) is 4.74 Å². The Morgan fingerprint density at radius 3 is 2.00 bits per heavy atom. The molecule has 1 spiro atoms. The first kappa shape index (κ1) is 26.1. The molecule has 3 nitrogen and oxygen atoms in total. The Kier molecular flexibility index (Phi) is 5.39. The van der Waals surface area contributed by atoms with E-state index in [1.165, 1.54) is 38.9 Å². The first-order valence-corrected chi connectivity index (χ1v) is 16.2. The Bertz CT molecular complexity index is 2460. The lowest BCUT2D eigenvalue weighted by Crippen LogP contribution is -2.32. The molecule has 0 N–H and O–H groups in total. The van der Waals surface area contributed by atoms with Crippen LogP contribution in [0.15, 0.2) is 145 Å². The van der Waals surface area contributed by atoms with Crippen molar-refractivity contribution in [1.29, 1.82) is 5.26 Å². The Balaban J connectivity index is 1.23. The molecule has 47 heavy (non-hydrogen) atoms. The quantitative estimate of drug-likeness (QED) is 0.198. The summed E-state index contributed by atoms with van der Waals surface area (Å²) in [6.45, 7) is 0. The SMILES string of the molecule is N#CC1=Cc2c(n(-c3ccccc3)c3ccc(-c4ccc5c(c4)C4(c6ccccc6O5)c5ccccc5-c5ccccc54)cc23)CC1. The molecular weight excluding hydrogens is 572 g/mol. The summed E-state index contributed by atoms with van der Waals surface area (Å²) in [5.41, 5.74) is 14.8. The lowest BCUT2D eigenvalue weighted by Gasteiger charge is -2.39. The van der Waals surface area contributed by atoms with Gasteiger partial charge >= 0.3 is 0 Å². The number of fused-ring (bicyclic) bond motifs is 12. The van der Waals surface area contributed by atoms with E-state index in [9.17, 15) is 5.26 Å². The van der Waals surface area contributed by atoms with Crippen molar-refractivity contribution < 1.29 is 4.74 Å². The second-order valence-corrected chi connectivity index (χ2v) is 12.7. The largest absolute Gasteiger partial charge is 0.457 e. The van der Waals surface area contributed by atoms with Crippen LogP contribution in [0.25, 0.3) is 44.9 Å². The van der Waals surface area contributed by atoms with Crippen LogP contribution in [-0.4, -0.2) is 4.57 Å². The molecule has 220 valence electrons. The summed E-state index contributed by atoms with van der Waals surface area (Å²) >= 11 is 0. The van der Waals surface area contributed by atoms with Gasteiger partial charge in [0, 0.05) is 39.0 Å². The number of hydrogen-bond donors (Lipinski definition) is 0. The fourth-order valence-corrected chi connectivity index (χ4v) is 8.45. The summed E-state index contributed by atoms with van der Waals surface area (Å²) in [6.07, 6.45) is 3.70. The van der Waals surface area contributed by atoms with Crippen LogP contribution in [0.3, 0.4) is 0 Å². The molecule has 0 bridgehead atoms. The molecule has 0 saturated carbocycles. The second-order valence-electron chi connectivity index (χ2n) is 12.7. The van der Waals surface area contributed by atoms with Gasteiger partial charge < -0.3 is 9.30 Å². The molecule has 2 aliphatic carbocycles. The van der Waals surface area contributed by atoms with Gasteiger partial charge in [-0.3, -0.25) is 0 Å². The van der Waals surface area contributed by atoms with Gasteiger partial charge in [0.25, 0.3) is 0 Å². The first-order chi connectivity index (χ1) is 23.3. The van der Waals surface area contributed by atoms with Crippen LogP contribution < -0.4 is 4.74 Å². The molecular formula is C44H28N2O. The Morgan fingerprint density at radius 1 is 0.596 bits per heavy atom. The van der Waals surface area contributed by atoms with Crippen LogP contribution in [-0.2, 0) is 11.8 Å². The van der Waals surface area contributed by atoms with Crippen LogP contribution in [0.1, 0.15) is 39.9 Å². The molecule has 7 aromatic rings. The van der Waals surface area contributed by atoms with Gasteiger partial charge in [-0.15, -0.1) is 0 Å². The van der Waals surface area contributed by atoms with Crippen molar-refractivity contribution in [2.75, 3.05) is 0 Å². The van der Waals surface area contributed by atoms with Crippen LogP contribution in [0.2, 0.25) is 0 Å². The van der Waals surface area contributed by atoms with Crippen molar-refractivity contribution in [2.45, 2.75) is 18.3 Å². The molecule has 6 aromatic carbocycles. The second kappa shape index (κ2) is 9.69. The maximum absolute atomic E-state index is 9.83. The number of hydrogen-bond acceptors (Lipinski definition) is 2. The third kappa shape index (κ3) is 3.50. The number of nitrogens with zero attached hydrogens (tertiary/aromatic N) is 2. The molecule has 3 heteroatoms. The van der Waals surface area contributed by atoms with E-state index in [0.29, 0.717) is 0 Å². The van der Waals surface area contributed by atoms with E-state index in [-0.39, 0.29) is 0 Å². The summed E-state index contributed by atoms with van der Waals surface area (Å²) in [7, 11) is 0. The predicted molar refractivity (Wildman–Crippen MR) is 188 cm³/mol. The number of nitriles is 1. The monoisotopic (exact) mass is 600 g/mol. The summed E-state index contributed by atoms with van der Waals surface area (Å²) in [6, 6.07) is 52.6.